The van der Waals surface area contributed by atoms with Crippen LogP contribution in [0.4, 0.5) is 14.5 Å². The second-order valence-electron chi connectivity index (χ2n) is 7.40. The molecular weight excluding hydrogens is 398 g/mol. The van der Waals surface area contributed by atoms with Gasteiger partial charge in [0.2, 0.25) is 5.91 Å². The smallest absolute Gasteiger partial charge is 0.264 e. The summed E-state index contributed by atoms with van der Waals surface area (Å²) in [5, 5.41) is 4.68. The molecule has 0 aliphatic heterocycles. The number of halogens is 2. The molecular formula is C24H22F2N4O. The lowest BCUT2D eigenvalue weighted by Crippen LogP contribution is -2.33. The number of benzene rings is 2. The van der Waals surface area contributed by atoms with Gasteiger partial charge in [0.25, 0.3) is 6.43 Å². The van der Waals surface area contributed by atoms with Crippen LogP contribution < -0.4 is 4.90 Å². The first kappa shape index (κ1) is 20.7. The number of pyridine rings is 1. The first-order chi connectivity index (χ1) is 14.9. The Hall–Kier alpha value is -3.61. The van der Waals surface area contributed by atoms with E-state index in [0.717, 1.165) is 11.3 Å². The molecule has 0 atom stereocenters. The Morgan fingerprint density at radius 3 is 2.32 bits per heavy atom. The Balaban J connectivity index is 1.71. The minimum absolute atomic E-state index is 0.106. The number of hydrogen-bond acceptors (Lipinski definition) is 3. The van der Waals surface area contributed by atoms with Gasteiger partial charge >= 0.3 is 0 Å². The molecule has 0 unspecified atom stereocenters. The van der Waals surface area contributed by atoms with Crippen LogP contribution in [0.1, 0.15) is 28.9 Å². The Labute approximate surface area is 178 Å². The number of carbonyl (C=O) groups is 1. The summed E-state index contributed by atoms with van der Waals surface area (Å²) in [7, 11) is 0. The molecule has 4 rings (SSSR count). The summed E-state index contributed by atoms with van der Waals surface area (Å²) in [6, 6.07) is 20.4. The van der Waals surface area contributed by atoms with Crippen LogP contribution >= 0.6 is 0 Å². The molecule has 0 N–H and O–H groups in total. The van der Waals surface area contributed by atoms with Gasteiger partial charge in [0.15, 0.2) is 5.65 Å². The number of anilines is 1. The zero-order valence-electron chi connectivity index (χ0n) is 17.3. The van der Waals surface area contributed by atoms with E-state index in [4.69, 9.17) is 0 Å². The van der Waals surface area contributed by atoms with Crippen molar-refractivity contribution in [1.82, 2.24) is 14.8 Å². The Bertz CT molecular complexity index is 1210. The molecule has 2 heterocycles. The molecule has 0 bridgehead atoms. The normalized spacial score (nSPS) is 11.3. The predicted octanol–water partition coefficient (Wildman–Crippen LogP) is 5.22. The Morgan fingerprint density at radius 1 is 1.03 bits per heavy atom. The molecule has 4 aromatic rings. The van der Waals surface area contributed by atoms with Gasteiger partial charge in [-0.3, -0.25) is 4.79 Å². The minimum atomic E-state index is -2.64. The number of rotatable bonds is 6. The number of alkyl halides is 2. The van der Waals surface area contributed by atoms with Gasteiger partial charge in [0, 0.05) is 16.9 Å². The maximum Gasteiger partial charge on any atom is 0.264 e. The average molecular weight is 420 g/mol. The molecule has 5 nitrogen and oxygen atoms in total. The number of nitrogens with zero attached hydrogens (tertiary/aromatic N) is 4. The second-order valence-corrected chi connectivity index (χ2v) is 7.40. The molecule has 1 amide bonds. The maximum absolute atomic E-state index is 13.6. The van der Waals surface area contributed by atoms with Gasteiger partial charge in [-0.25, -0.2) is 18.4 Å². The van der Waals surface area contributed by atoms with Gasteiger partial charge in [0.05, 0.1) is 17.6 Å². The van der Waals surface area contributed by atoms with Crippen LogP contribution in [0, 0.1) is 13.8 Å². The number of carbonyl (C=O) groups excluding carboxylic acids is 1. The first-order valence-electron chi connectivity index (χ1n) is 9.96. The third-order valence-corrected chi connectivity index (χ3v) is 5.11. The summed E-state index contributed by atoms with van der Waals surface area (Å²) in [6.07, 6.45) is -2.64. The van der Waals surface area contributed by atoms with Crippen molar-refractivity contribution in [3.8, 4) is 0 Å². The zero-order chi connectivity index (χ0) is 22.0. The predicted molar refractivity (Wildman–Crippen MR) is 116 cm³/mol. The van der Waals surface area contributed by atoms with E-state index in [1.54, 1.807) is 18.7 Å². The number of fused-ring (bicyclic) bond motifs is 1. The van der Waals surface area contributed by atoms with E-state index in [1.807, 2.05) is 60.7 Å². The first-order valence-corrected chi connectivity index (χ1v) is 9.96. The average Bonchev–Trinajstić information content (AvgIpc) is 3.07. The van der Waals surface area contributed by atoms with Crippen LogP contribution in [0.15, 0.2) is 66.7 Å². The van der Waals surface area contributed by atoms with Crippen molar-refractivity contribution in [3.05, 3.63) is 89.2 Å². The van der Waals surface area contributed by atoms with Gasteiger partial charge in [-0.2, -0.15) is 5.10 Å². The fourth-order valence-corrected chi connectivity index (χ4v) is 3.71. The van der Waals surface area contributed by atoms with Gasteiger partial charge < -0.3 is 4.90 Å². The van der Waals surface area contributed by atoms with Crippen molar-refractivity contribution < 1.29 is 13.6 Å². The van der Waals surface area contributed by atoms with Crippen LogP contribution in [0.3, 0.4) is 0 Å². The van der Waals surface area contributed by atoms with Crippen molar-refractivity contribution in [2.75, 3.05) is 4.90 Å². The van der Waals surface area contributed by atoms with E-state index in [2.05, 4.69) is 10.1 Å². The van der Waals surface area contributed by atoms with Crippen molar-refractivity contribution in [2.45, 2.75) is 33.4 Å². The van der Waals surface area contributed by atoms with Gasteiger partial charge in [-0.1, -0.05) is 48.5 Å². The van der Waals surface area contributed by atoms with E-state index >= 15 is 0 Å². The highest BCUT2D eigenvalue weighted by Gasteiger charge is 2.23. The maximum atomic E-state index is 13.6. The van der Waals surface area contributed by atoms with Crippen molar-refractivity contribution in [1.29, 1.82) is 0 Å². The lowest BCUT2D eigenvalue weighted by atomic mass is 10.1. The molecule has 0 aliphatic rings. The highest BCUT2D eigenvalue weighted by atomic mass is 19.3. The lowest BCUT2D eigenvalue weighted by molar-refractivity contribution is -0.119. The van der Waals surface area contributed by atoms with Crippen LogP contribution in [0.25, 0.3) is 11.0 Å². The van der Waals surface area contributed by atoms with Crippen LogP contribution in [0.2, 0.25) is 0 Å². The van der Waals surface area contributed by atoms with Crippen molar-refractivity contribution in [2.24, 2.45) is 0 Å². The zero-order valence-corrected chi connectivity index (χ0v) is 17.3. The molecule has 158 valence electrons. The number of hydrogen-bond donors (Lipinski definition) is 0. The van der Waals surface area contributed by atoms with E-state index in [9.17, 15) is 13.6 Å². The largest absolute Gasteiger partial charge is 0.306 e. The molecule has 31 heavy (non-hydrogen) atoms. The monoisotopic (exact) mass is 420 g/mol. The van der Waals surface area contributed by atoms with Crippen LogP contribution in [0.5, 0.6) is 0 Å². The van der Waals surface area contributed by atoms with E-state index in [-0.39, 0.29) is 18.0 Å². The highest BCUT2D eigenvalue weighted by Crippen LogP contribution is 2.30. The van der Waals surface area contributed by atoms with Crippen LogP contribution in [-0.4, -0.2) is 20.7 Å². The van der Waals surface area contributed by atoms with Crippen LogP contribution in [-0.2, 0) is 17.9 Å². The number of para-hydroxylation sites is 1. The summed E-state index contributed by atoms with van der Waals surface area (Å²) >= 11 is 0. The Kier molecular flexibility index (Phi) is 5.75. The second kappa shape index (κ2) is 8.63. The summed E-state index contributed by atoms with van der Waals surface area (Å²) in [5.74, 6) is -0.207. The molecule has 0 aliphatic carbocycles. The molecule has 0 fully saturated rings. The third kappa shape index (κ3) is 4.30. The summed E-state index contributed by atoms with van der Waals surface area (Å²) in [6.45, 7) is 3.60. The standard InChI is InChI=1S/C24H22F2N4O/c1-16-13-20(23(25)26)22-17(2)28-30(24(22)27-16)15-21(31)29(19-11-7-4-8-12-19)14-18-9-5-3-6-10-18/h3-13,23H,14-15H2,1-2H3. The van der Waals surface area contributed by atoms with Gasteiger partial charge in [-0.05, 0) is 37.6 Å². The SMILES string of the molecule is Cc1cc(C(F)F)c2c(C)nn(CC(=O)N(Cc3ccccc3)c3ccccc3)c2n1. The minimum Gasteiger partial charge on any atom is -0.306 e. The molecule has 7 heteroatoms. The summed E-state index contributed by atoms with van der Waals surface area (Å²) < 4.78 is 28.6. The topological polar surface area (TPSA) is 51.0 Å². The van der Waals surface area contributed by atoms with Gasteiger partial charge in [0.1, 0.15) is 6.54 Å². The molecule has 0 spiro atoms. The van der Waals surface area contributed by atoms with E-state index in [0.29, 0.717) is 29.0 Å². The van der Waals surface area contributed by atoms with E-state index < -0.39 is 6.43 Å². The summed E-state index contributed by atoms with van der Waals surface area (Å²) in [4.78, 5) is 19.4. The third-order valence-electron chi connectivity index (χ3n) is 5.11. The summed E-state index contributed by atoms with van der Waals surface area (Å²) in [5.41, 5.74) is 2.81. The molecule has 2 aromatic heterocycles. The number of amides is 1. The number of aromatic nitrogens is 3. The van der Waals surface area contributed by atoms with Crippen molar-refractivity contribution in [3.63, 3.8) is 0 Å². The highest BCUT2D eigenvalue weighted by molar-refractivity contribution is 5.94. The fourth-order valence-electron chi connectivity index (χ4n) is 3.71. The molecule has 0 radical (unpaired) electrons. The van der Waals surface area contributed by atoms with E-state index in [1.165, 1.54) is 10.7 Å². The lowest BCUT2D eigenvalue weighted by Gasteiger charge is -2.23. The number of aryl methyl sites for hydroxylation is 2. The van der Waals surface area contributed by atoms with Gasteiger partial charge in [-0.15, -0.1) is 0 Å². The quantitative estimate of drug-likeness (QED) is 0.430. The Morgan fingerprint density at radius 2 is 1.68 bits per heavy atom. The molecule has 0 saturated heterocycles. The fraction of sp³-hybridized carbons (Fsp3) is 0.208. The molecule has 0 saturated carbocycles. The molecule has 2 aromatic carbocycles. The van der Waals surface area contributed by atoms with Crippen molar-refractivity contribution >= 4 is 22.6 Å².